The topological polar surface area (TPSA) is 35.0 Å². The Labute approximate surface area is 94.9 Å². The molecule has 0 bridgehead atoms. The van der Waals surface area contributed by atoms with E-state index in [0.717, 1.165) is 0 Å². The maximum Gasteiger partial charge on any atom is 0.573 e. The van der Waals surface area contributed by atoms with Crippen LogP contribution < -0.4 is 4.74 Å². The fourth-order valence-electron chi connectivity index (χ4n) is 1.27. The molecule has 0 fully saturated rings. The Morgan fingerprint density at radius 2 is 2.06 bits per heavy atom. The summed E-state index contributed by atoms with van der Waals surface area (Å²) < 4.78 is 39.9. The molecule has 2 aromatic rings. The van der Waals surface area contributed by atoms with Gasteiger partial charge in [0, 0.05) is 11.8 Å². The zero-order chi connectivity index (χ0) is 12.3. The Bertz CT molecular complexity index is 500. The molecule has 0 aliphatic carbocycles. The highest BCUT2D eigenvalue weighted by Gasteiger charge is 2.31. The highest BCUT2D eigenvalue weighted by molar-refractivity contribution is 5.62. The van der Waals surface area contributed by atoms with Crippen LogP contribution in [0, 0.1) is 6.20 Å². The van der Waals surface area contributed by atoms with Crippen LogP contribution in [0.3, 0.4) is 0 Å². The van der Waals surface area contributed by atoms with Gasteiger partial charge in [-0.1, -0.05) is 12.1 Å². The summed E-state index contributed by atoms with van der Waals surface area (Å²) in [4.78, 5) is 7.43. The Balaban J connectivity index is 2.29. The molecule has 0 aliphatic rings. The average Bonchev–Trinajstić information content (AvgIpc) is 2.28. The van der Waals surface area contributed by atoms with Crippen LogP contribution in [-0.4, -0.2) is 16.3 Å². The first-order chi connectivity index (χ1) is 8.04. The average molecular weight is 239 g/mol. The van der Waals surface area contributed by atoms with E-state index in [4.69, 9.17) is 0 Å². The monoisotopic (exact) mass is 239 g/mol. The molecule has 0 aliphatic heterocycles. The minimum Gasteiger partial charge on any atom is -0.406 e. The molecule has 0 saturated heterocycles. The maximum atomic E-state index is 12.0. The molecule has 6 heteroatoms. The van der Waals surface area contributed by atoms with E-state index in [1.807, 2.05) is 0 Å². The molecule has 0 unspecified atom stereocenters. The molecule has 1 heterocycles. The summed E-state index contributed by atoms with van der Waals surface area (Å²) in [6.45, 7) is 0. The van der Waals surface area contributed by atoms with Crippen molar-refractivity contribution < 1.29 is 17.9 Å². The van der Waals surface area contributed by atoms with Crippen LogP contribution >= 0.6 is 0 Å². The van der Waals surface area contributed by atoms with Crippen molar-refractivity contribution in [2.24, 2.45) is 0 Å². The lowest BCUT2D eigenvalue weighted by Crippen LogP contribution is -2.17. The van der Waals surface area contributed by atoms with Crippen molar-refractivity contribution in [2.45, 2.75) is 6.36 Å². The lowest BCUT2D eigenvalue weighted by atomic mass is 10.1. The minimum atomic E-state index is -4.70. The standard InChI is InChI=1S/C11H6F3N2O/c12-11(13,14)17-10-3-1-2-8(4-10)9-5-15-7-16-6-9/h1-5,7H. The van der Waals surface area contributed by atoms with Gasteiger partial charge in [-0.05, 0) is 17.7 Å². The van der Waals surface area contributed by atoms with Gasteiger partial charge in [-0.15, -0.1) is 13.2 Å². The van der Waals surface area contributed by atoms with Crippen LogP contribution in [0.1, 0.15) is 0 Å². The van der Waals surface area contributed by atoms with Crippen molar-refractivity contribution in [3.63, 3.8) is 0 Å². The zero-order valence-electron chi connectivity index (χ0n) is 8.40. The second-order valence-electron chi connectivity index (χ2n) is 3.12. The molecule has 2 rings (SSSR count). The van der Waals surface area contributed by atoms with Crippen LogP contribution in [0.25, 0.3) is 11.1 Å². The Hall–Kier alpha value is -2.11. The van der Waals surface area contributed by atoms with Crippen LogP contribution in [0.4, 0.5) is 13.2 Å². The highest BCUT2D eigenvalue weighted by atomic mass is 19.4. The summed E-state index contributed by atoms with van der Waals surface area (Å²) in [5.41, 5.74) is 1.01. The maximum absolute atomic E-state index is 12.0. The van der Waals surface area contributed by atoms with Crippen LogP contribution in [0.15, 0.2) is 36.8 Å². The van der Waals surface area contributed by atoms with Gasteiger partial charge < -0.3 is 4.74 Å². The fraction of sp³-hybridized carbons (Fsp3) is 0.0909. The Kier molecular flexibility index (Phi) is 2.95. The van der Waals surface area contributed by atoms with Crippen LogP contribution in [-0.2, 0) is 0 Å². The third-order valence-electron chi connectivity index (χ3n) is 1.89. The molecule has 0 amide bonds. The molecule has 87 valence electrons. The number of nitrogens with zero attached hydrogens (tertiary/aromatic N) is 2. The molecular weight excluding hydrogens is 233 g/mol. The number of halogens is 3. The predicted molar refractivity (Wildman–Crippen MR) is 53.0 cm³/mol. The zero-order valence-corrected chi connectivity index (χ0v) is 8.40. The van der Waals surface area contributed by atoms with E-state index < -0.39 is 6.36 Å². The van der Waals surface area contributed by atoms with Crippen molar-refractivity contribution in [1.29, 1.82) is 0 Å². The van der Waals surface area contributed by atoms with E-state index in [0.29, 0.717) is 11.1 Å². The van der Waals surface area contributed by atoms with Gasteiger partial charge in [0.15, 0.2) is 0 Å². The number of benzene rings is 1. The molecule has 0 atom stereocenters. The largest absolute Gasteiger partial charge is 0.573 e. The third-order valence-corrected chi connectivity index (χ3v) is 1.89. The van der Waals surface area contributed by atoms with Gasteiger partial charge >= 0.3 is 6.36 Å². The van der Waals surface area contributed by atoms with Crippen molar-refractivity contribution in [1.82, 2.24) is 9.97 Å². The molecule has 1 aromatic carbocycles. The highest BCUT2D eigenvalue weighted by Crippen LogP contribution is 2.26. The van der Waals surface area contributed by atoms with Gasteiger partial charge in [-0.3, -0.25) is 0 Å². The van der Waals surface area contributed by atoms with Gasteiger partial charge in [-0.25, -0.2) is 9.97 Å². The van der Waals surface area contributed by atoms with Crippen molar-refractivity contribution >= 4 is 0 Å². The fourth-order valence-corrected chi connectivity index (χ4v) is 1.27. The first-order valence-corrected chi connectivity index (χ1v) is 4.58. The number of hydrogen-bond acceptors (Lipinski definition) is 3. The van der Waals surface area contributed by atoms with E-state index in [1.165, 1.54) is 30.7 Å². The molecular formula is C11H6F3N2O. The van der Waals surface area contributed by atoms with Gasteiger partial charge in [-0.2, -0.15) is 0 Å². The van der Waals surface area contributed by atoms with Crippen molar-refractivity contribution in [3.8, 4) is 16.9 Å². The Morgan fingerprint density at radius 1 is 1.24 bits per heavy atom. The smallest absolute Gasteiger partial charge is 0.406 e. The van der Waals surface area contributed by atoms with Crippen LogP contribution in [0.5, 0.6) is 5.75 Å². The van der Waals surface area contributed by atoms with Gasteiger partial charge in [0.1, 0.15) is 18.3 Å². The Morgan fingerprint density at radius 3 is 2.71 bits per heavy atom. The number of ether oxygens (including phenoxy) is 1. The SMILES string of the molecule is FC(F)(F)Oc1cccc(-c2[c]ncnc2)c1. The quantitative estimate of drug-likeness (QED) is 0.808. The first-order valence-electron chi connectivity index (χ1n) is 4.58. The molecule has 3 nitrogen and oxygen atoms in total. The third kappa shape index (κ3) is 3.17. The summed E-state index contributed by atoms with van der Waals surface area (Å²) in [7, 11) is 0. The van der Waals surface area contributed by atoms with E-state index in [-0.39, 0.29) is 5.75 Å². The van der Waals surface area contributed by atoms with E-state index >= 15 is 0 Å². The second-order valence-corrected chi connectivity index (χ2v) is 3.12. The van der Waals surface area contributed by atoms with Gasteiger partial charge in [0.05, 0.1) is 0 Å². The second kappa shape index (κ2) is 4.40. The minimum absolute atomic E-state index is 0.285. The first kappa shape index (κ1) is 11.4. The van der Waals surface area contributed by atoms with E-state index in [1.54, 1.807) is 6.07 Å². The molecule has 0 saturated carbocycles. The lowest BCUT2D eigenvalue weighted by molar-refractivity contribution is -0.274. The van der Waals surface area contributed by atoms with E-state index in [9.17, 15) is 13.2 Å². The summed E-state index contributed by atoms with van der Waals surface area (Å²) in [5, 5.41) is 0. The summed E-state index contributed by atoms with van der Waals surface area (Å²) in [5.74, 6) is -0.285. The van der Waals surface area contributed by atoms with E-state index in [2.05, 4.69) is 20.9 Å². The number of aromatic nitrogens is 2. The lowest BCUT2D eigenvalue weighted by Gasteiger charge is -2.09. The van der Waals surface area contributed by atoms with Crippen LogP contribution in [0.2, 0.25) is 0 Å². The molecule has 17 heavy (non-hydrogen) atoms. The number of alkyl halides is 3. The number of rotatable bonds is 2. The van der Waals surface area contributed by atoms with Gasteiger partial charge in [0.2, 0.25) is 0 Å². The predicted octanol–water partition coefficient (Wildman–Crippen LogP) is 2.84. The van der Waals surface area contributed by atoms with Crippen molar-refractivity contribution in [3.05, 3.63) is 43.0 Å². The normalized spacial score (nSPS) is 11.2. The summed E-state index contributed by atoms with van der Waals surface area (Å²) in [6.07, 6.45) is 0.676. The van der Waals surface area contributed by atoms with Gasteiger partial charge in [0.25, 0.3) is 0 Å². The number of hydrogen-bond donors (Lipinski definition) is 0. The molecule has 0 N–H and O–H groups in total. The summed E-state index contributed by atoms with van der Waals surface area (Å²) >= 11 is 0. The summed E-state index contributed by atoms with van der Waals surface area (Å²) in [6, 6.07) is 5.55. The molecule has 0 spiro atoms. The van der Waals surface area contributed by atoms with Crippen molar-refractivity contribution in [2.75, 3.05) is 0 Å². The molecule has 1 aromatic heterocycles. The molecule has 1 radical (unpaired) electrons.